The zero-order valence-corrected chi connectivity index (χ0v) is 17.0. The first-order valence-electron chi connectivity index (χ1n) is 9.16. The lowest BCUT2D eigenvalue weighted by Crippen LogP contribution is -2.32. The summed E-state index contributed by atoms with van der Waals surface area (Å²) in [5.74, 6) is -0.863. The van der Waals surface area contributed by atoms with E-state index in [0.717, 1.165) is 0 Å². The van der Waals surface area contributed by atoms with Crippen LogP contribution in [0.5, 0.6) is 5.75 Å². The Balaban J connectivity index is 1.77. The predicted molar refractivity (Wildman–Crippen MR) is 110 cm³/mol. The number of benzene rings is 2. The molecule has 8 heteroatoms. The van der Waals surface area contributed by atoms with Crippen molar-refractivity contribution in [1.82, 2.24) is 5.32 Å². The van der Waals surface area contributed by atoms with Crippen LogP contribution in [0.1, 0.15) is 30.6 Å². The second kappa shape index (κ2) is 11.1. The van der Waals surface area contributed by atoms with E-state index < -0.39 is 18.0 Å². The van der Waals surface area contributed by atoms with Gasteiger partial charge in [0.05, 0.1) is 18.7 Å². The van der Waals surface area contributed by atoms with Crippen LogP contribution in [0.2, 0.25) is 5.02 Å². The van der Waals surface area contributed by atoms with Gasteiger partial charge in [-0.15, -0.1) is 0 Å². The van der Waals surface area contributed by atoms with Crippen molar-refractivity contribution in [3.63, 3.8) is 0 Å². The maximum Gasteiger partial charge on any atom is 0.308 e. The van der Waals surface area contributed by atoms with Gasteiger partial charge in [-0.3, -0.25) is 14.4 Å². The van der Waals surface area contributed by atoms with Gasteiger partial charge in [0.25, 0.3) is 11.8 Å². The Labute approximate surface area is 174 Å². The van der Waals surface area contributed by atoms with E-state index in [9.17, 15) is 14.4 Å². The average Bonchev–Trinajstić information content (AvgIpc) is 2.70. The van der Waals surface area contributed by atoms with Crippen LogP contribution in [0, 0.1) is 0 Å². The first-order chi connectivity index (χ1) is 13.9. The van der Waals surface area contributed by atoms with Crippen LogP contribution in [-0.4, -0.2) is 37.0 Å². The van der Waals surface area contributed by atoms with Crippen LogP contribution in [0.3, 0.4) is 0 Å². The van der Waals surface area contributed by atoms with Gasteiger partial charge in [0, 0.05) is 17.1 Å². The summed E-state index contributed by atoms with van der Waals surface area (Å²) in [4.78, 5) is 36.2. The fourth-order valence-electron chi connectivity index (χ4n) is 2.38. The summed E-state index contributed by atoms with van der Waals surface area (Å²) in [5.41, 5.74) is 0.931. The lowest BCUT2D eigenvalue weighted by molar-refractivity contribution is -0.153. The number of ether oxygens (including phenoxy) is 2. The van der Waals surface area contributed by atoms with Gasteiger partial charge in [0.2, 0.25) is 0 Å². The molecular formula is C21H23ClN2O5. The lowest BCUT2D eigenvalue weighted by atomic mass is 10.2. The minimum absolute atomic E-state index is 0.0630. The Morgan fingerprint density at radius 3 is 2.45 bits per heavy atom. The second-order valence-corrected chi connectivity index (χ2v) is 6.50. The van der Waals surface area contributed by atoms with Gasteiger partial charge in [-0.2, -0.15) is 0 Å². The van der Waals surface area contributed by atoms with Crippen molar-refractivity contribution in [1.29, 1.82) is 0 Å². The van der Waals surface area contributed by atoms with Crippen LogP contribution in [0.15, 0.2) is 48.5 Å². The minimum Gasteiger partial charge on any atom is -0.492 e. The molecule has 0 radical (unpaired) electrons. The Kier molecular flexibility index (Phi) is 8.48. The lowest BCUT2D eigenvalue weighted by Gasteiger charge is -2.15. The van der Waals surface area contributed by atoms with E-state index in [1.54, 1.807) is 48.5 Å². The van der Waals surface area contributed by atoms with E-state index in [0.29, 0.717) is 28.6 Å². The van der Waals surface area contributed by atoms with Gasteiger partial charge in [-0.1, -0.05) is 23.7 Å². The molecule has 2 aromatic rings. The highest BCUT2D eigenvalue weighted by Crippen LogP contribution is 2.23. The molecule has 1 atom stereocenters. The highest BCUT2D eigenvalue weighted by atomic mass is 35.5. The number of nitrogens with one attached hydrogen (secondary N) is 2. The Morgan fingerprint density at radius 2 is 1.76 bits per heavy atom. The van der Waals surface area contributed by atoms with Crippen molar-refractivity contribution in [2.75, 3.05) is 18.5 Å². The molecule has 0 spiro atoms. The molecule has 2 aromatic carbocycles. The maximum absolute atomic E-state index is 12.3. The molecule has 154 valence electrons. The molecule has 0 aliphatic rings. The molecule has 0 aliphatic carbocycles. The molecule has 7 nitrogen and oxygen atoms in total. The van der Waals surface area contributed by atoms with Crippen molar-refractivity contribution >= 4 is 35.1 Å². The SMILES string of the molecule is CCOc1ccccc1NC(=O)[C@H](C)OC(=O)CCNC(=O)c1ccc(Cl)cc1. The molecular weight excluding hydrogens is 396 g/mol. The number of esters is 1. The van der Waals surface area contributed by atoms with Crippen LogP contribution in [0.25, 0.3) is 0 Å². The van der Waals surface area contributed by atoms with Crippen molar-refractivity contribution in [3.05, 3.63) is 59.1 Å². The fraction of sp³-hybridized carbons (Fsp3) is 0.286. The third-order valence-corrected chi connectivity index (χ3v) is 4.10. The number of hydrogen-bond donors (Lipinski definition) is 2. The molecule has 0 fully saturated rings. The molecule has 2 N–H and O–H groups in total. The highest BCUT2D eigenvalue weighted by Gasteiger charge is 2.19. The summed E-state index contributed by atoms with van der Waals surface area (Å²) in [6, 6.07) is 13.4. The zero-order chi connectivity index (χ0) is 21.2. The van der Waals surface area contributed by atoms with E-state index >= 15 is 0 Å². The molecule has 0 saturated carbocycles. The Morgan fingerprint density at radius 1 is 1.07 bits per heavy atom. The number of para-hydroxylation sites is 2. The van der Waals surface area contributed by atoms with Crippen LogP contribution >= 0.6 is 11.6 Å². The second-order valence-electron chi connectivity index (χ2n) is 6.06. The standard InChI is InChI=1S/C21H23ClN2O5/c1-3-28-18-7-5-4-6-17(18)24-20(26)14(2)29-19(25)12-13-23-21(27)15-8-10-16(22)11-9-15/h4-11,14H,3,12-13H2,1-2H3,(H,23,27)(H,24,26)/t14-/m0/s1. The summed E-state index contributed by atoms with van der Waals surface area (Å²) in [7, 11) is 0. The summed E-state index contributed by atoms with van der Waals surface area (Å²) in [5, 5.41) is 5.82. The van der Waals surface area contributed by atoms with E-state index in [4.69, 9.17) is 21.1 Å². The van der Waals surface area contributed by atoms with Crippen LogP contribution < -0.4 is 15.4 Å². The first-order valence-corrected chi connectivity index (χ1v) is 9.54. The minimum atomic E-state index is -0.996. The summed E-state index contributed by atoms with van der Waals surface area (Å²) >= 11 is 5.78. The molecule has 0 aromatic heterocycles. The highest BCUT2D eigenvalue weighted by molar-refractivity contribution is 6.30. The average molecular weight is 419 g/mol. The van der Waals surface area contributed by atoms with Crippen LogP contribution in [-0.2, 0) is 14.3 Å². The van der Waals surface area contributed by atoms with E-state index in [2.05, 4.69) is 10.6 Å². The predicted octanol–water partition coefficient (Wildman–Crippen LogP) is 3.43. The van der Waals surface area contributed by atoms with Gasteiger partial charge < -0.3 is 20.1 Å². The Hall–Kier alpha value is -3.06. The van der Waals surface area contributed by atoms with Gasteiger partial charge in [-0.25, -0.2) is 0 Å². The zero-order valence-electron chi connectivity index (χ0n) is 16.2. The van der Waals surface area contributed by atoms with E-state index in [1.165, 1.54) is 6.92 Å². The summed E-state index contributed by atoms with van der Waals surface area (Å²) in [6.45, 7) is 3.86. The smallest absolute Gasteiger partial charge is 0.308 e. The molecule has 0 unspecified atom stereocenters. The molecule has 2 rings (SSSR count). The van der Waals surface area contributed by atoms with Gasteiger partial charge in [0.1, 0.15) is 5.75 Å². The molecule has 29 heavy (non-hydrogen) atoms. The summed E-state index contributed by atoms with van der Waals surface area (Å²) in [6.07, 6.45) is -1.06. The van der Waals surface area contributed by atoms with Gasteiger partial charge in [-0.05, 0) is 50.2 Å². The van der Waals surface area contributed by atoms with E-state index in [-0.39, 0.29) is 18.9 Å². The van der Waals surface area contributed by atoms with Gasteiger partial charge >= 0.3 is 5.97 Å². The number of anilines is 1. The molecule has 0 bridgehead atoms. The largest absolute Gasteiger partial charge is 0.492 e. The quantitative estimate of drug-likeness (QED) is 0.608. The molecule has 0 aliphatic heterocycles. The van der Waals surface area contributed by atoms with Crippen molar-refractivity contribution < 1.29 is 23.9 Å². The fourth-order valence-corrected chi connectivity index (χ4v) is 2.50. The molecule has 0 saturated heterocycles. The maximum atomic E-state index is 12.3. The van der Waals surface area contributed by atoms with E-state index in [1.807, 2.05) is 6.92 Å². The molecule has 2 amide bonds. The molecule has 0 heterocycles. The number of carbonyl (C=O) groups is 3. The first kappa shape index (κ1) is 22.2. The van der Waals surface area contributed by atoms with Crippen molar-refractivity contribution in [3.8, 4) is 5.75 Å². The summed E-state index contributed by atoms with van der Waals surface area (Å²) < 4.78 is 10.6. The topological polar surface area (TPSA) is 93.7 Å². The number of rotatable bonds is 9. The number of halogens is 1. The van der Waals surface area contributed by atoms with Crippen molar-refractivity contribution in [2.45, 2.75) is 26.4 Å². The van der Waals surface area contributed by atoms with Crippen molar-refractivity contribution in [2.24, 2.45) is 0 Å². The third kappa shape index (κ3) is 7.12. The normalized spacial score (nSPS) is 11.3. The monoisotopic (exact) mass is 418 g/mol. The number of carbonyl (C=O) groups excluding carboxylic acids is 3. The number of amides is 2. The van der Waals surface area contributed by atoms with Crippen LogP contribution in [0.4, 0.5) is 5.69 Å². The number of hydrogen-bond acceptors (Lipinski definition) is 5. The van der Waals surface area contributed by atoms with Gasteiger partial charge in [0.15, 0.2) is 6.10 Å². The third-order valence-electron chi connectivity index (χ3n) is 3.84. The Bertz CT molecular complexity index is 854.